The highest BCUT2D eigenvalue weighted by molar-refractivity contribution is 7.99. The lowest BCUT2D eigenvalue weighted by molar-refractivity contribution is -0.133. The zero-order chi connectivity index (χ0) is 19.1. The summed E-state index contributed by atoms with van der Waals surface area (Å²) in [7, 11) is 4.65. The monoisotopic (exact) mass is 377 g/mol. The van der Waals surface area contributed by atoms with E-state index in [4.69, 9.17) is 19.3 Å². The quantitative estimate of drug-likeness (QED) is 0.695. The predicted octanol–water partition coefficient (Wildman–Crippen LogP) is 2.55. The van der Waals surface area contributed by atoms with Crippen molar-refractivity contribution in [1.29, 1.82) is 0 Å². The van der Waals surface area contributed by atoms with Crippen LogP contribution in [0, 0.1) is 6.92 Å². The SMILES string of the molecule is COc1cc(/C=C/c2nc(SCC(=O)O)nnc2C)cc(OC)c1OC. The molecule has 0 saturated carbocycles. The van der Waals surface area contributed by atoms with E-state index in [-0.39, 0.29) is 5.75 Å². The molecule has 1 heterocycles. The van der Waals surface area contributed by atoms with E-state index in [1.165, 1.54) is 0 Å². The molecule has 0 fully saturated rings. The van der Waals surface area contributed by atoms with Crippen LogP contribution in [0.2, 0.25) is 0 Å². The molecule has 0 spiro atoms. The number of benzene rings is 1. The summed E-state index contributed by atoms with van der Waals surface area (Å²) < 4.78 is 16.0. The van der Waals surface area contributed by atoms with Crippen molar-refractivity contribution in [3.05, 3.63) is 29.1 Å². The molecule has 0 radical (unpaired) electrons. The van der Waals surface area contributed by atoms with Crippen molar-refractivity contribution in [1.82, 2.24) is 15.2 Å². The van der Waals surface area contributed by atoms with E-state index < -0.39 is 5.97 Å². The number of thioether (sulfide) groups is 1. The van der Waals surface area contributed by atoms with E-state index in [0.717, 1.165) is 17.3 Å². The zero-order valence-corrected chi connectivity index (χ0v) is 15.7. The van der Waals surface area contributed by atoms with Gasteiger partial charge in [-0.3, -0.25) is 4.79 Å². The largest absolute Gasteiger partial charge is 0.493 e. The third kappa shape index (κ3) is 4.85. The standard InChI is InChI=1S/C17H19N3O5S/c1-10-12(18-17(20-19-10)26-9-15(21)22)6-5-11-7-13(23-2)16(25-4)14(8-11)24-3/h5-8H,9H2,1-4H3,(H,21,22)/b6-5+. The van der Waals surface area contributed by atoms with Gasteiger partial charge in [-0.1, -0.05) is 17.8 Å². The van der Waals surface area contributed by atoms with Crippen LogP contribution in [0.1, 0.15) is 17.0 Å². The summed E-state index contributed by atoms with van der Waals surface area (Å²) in [5.41, 5.74) is 2.05. The molecule has 26 heavy (non-hydrogen) atoms. The topological polar surface area (TPSA) is 104 Å². The van der Waals surface area contributed by atoms with Crippen molar-refractivity contribution in [2.75, 3.05) is 27.1 Å². The molecule has 1 aromatic carbocycles. The molecular formula is C17H19N3O5S. The van der Waals surface area contributed by atoms with Crippen LogP contribution in [-0.4, -0.2) is 53.3 Å². The normalized spacial score (nSPS) is 10.8. The first-order valence-corrected chi connectivity index (χ1v) is 8.51. The zero-order valence-electron chi connectivity index (χ0n) is 14.8. The van der Waals surface area contributed by atoms with Gasteiger partial charge in [-0.25, -0.2) is 4.98 Å². The number of rotatable bonds is 8. The summed E-state index contributed by atoms with van der Waals surface area (Å²) >= 11 is 1.02. The van der Waals surface area contributed by atoms with Crippen molar-refractivity contribution >= 4 is 29.9 Å². The van der Waals surface area contributed by atoms with Gasteiger partial charge < -0.3 is 19.3 Å². The number of hydrogen-bond acceptors (Lipinski definition) is 8. The summed E-state index contributed by atoms with van der Waals surface area (Å²) in [5, 5.41) is 17.0. The molecule has 0 unspecified atom stereocenters. The molecule has 0 aliphatic heterocycles. The maximum absolute atomic E-state index is 10.7. The Bertz CT molecular complexity index is 801. The number of carbonyl (C=O) groups is 1. The van der Waals surface area contributed by atoms with Crippen LogP contribution in [0.3, 0.4) is 0 Å². The third-order valence-electron chi connectivity index (χ3n) is 3.32. The molecule has 0 amide bonds. The highest BCUT2D eigenvalue weighted by Gasteiger charge is 2.12. The molecule has 0 atom stereocenters. The molecular weight excluding hydrogens is 358 g/mol. The molecule has 1 N–H and O–H groups in total. The smallest absolute Gasteiger partial charge is 0.313 e. The molecule has 0 aliphatic carbocycles. The van der Waals surface area contributed by atoms with Crippen LogP contribution in [0.4, 0.5) is 0 Å². The Balaban J connectivity index is 2.31. The summed E-state index contributed by atoms with van der Waals surface area (Å²) in [6, 6.07) is 3.61. The minimum Gasteiger partial charge on any atom is -0.493 e. The first-order chi connectivity index (χ1) is 12.5. The molecule has 2 aromatic rings. The Labute approximate surface area is 155 Å². The van der Waals surface area contributed by atoms with Crippen molar-refractivity contribution in [2.45, 2.75) is 12.1 Å². The highest BCUT2D eigenvalue weighted by atomic mass is 32.2. The Kier molecular flexibility index (Phi) is 6.79. The highest BCUT2D eigenvalue weighted by Crippen LogP contribution is 2.38. The van der Waals surface area contributed by atoms with E-state index in [1.807, 2.05) is 18.2 Å². The summed E-state index contributed by atoms with van der Waals surface area (Å²) in [5.74, 6) is 0.539. The average Bonchev–Trinajstić information content (AvgIpc) is 2.65. The van der Waals surface area contributed by atoms with Gasteiger partial charge >= 0.3 is 5.97 Å². The number of methoxy groups -OCH3 is 3. The van der Waals surface area contributed by atoms with Crippen LogP contribution < -0.4 is 14.2 Å². The van der Waals surface area contributed by atoms with Crippen LogP contribution in [0.5, 0.6) is 17.2 Å². The number of aryl methyl sites for hydroxylation is 1. The number of ether oxygens (including phenoxy) is 3. The maximum Gasteiger partial charge on any atom is 0.313 e. The number of carboxylic acid groups (broad SMARTS) is 1. The number of hydrogen-bond donors (Lipinski definition) is 1. The Morgan fingerprint density at radius 3 is 2.31 bits per heavy atom. The fourth-order valence-corrected chi connectivity index (χ4v) is 2.61. The van der Waals surface area contributed by atoms with Crippen LogP contribution in [0.15, 0.2) is 17.3 Å². The van der Waals surface area contributed by atoms with E-state index in [9.17, 15) is 4.79 Å². The molecule has 8 nitrogen and oxygen atoms in total. The van der Waals surface area contributed by atoms with Gasteiger partial charge in [-0.15, -0.1) is 5.10 Å². The minimum atomic E-state index is -0.936. The fraction of sp³-hybridized carbons (Fsp3) is 0.294. The lowest BCUT2D eigenvalue weighted by atomic mass is 10.1. The van der Waals surface area contributed by atoms with Gasteiger partial charge in [0.2, 0.25) is 10.9 Å². The number of aliphatic carboxylic acids is 1. The van der Waals surface area contributed by atoms with Gasteiger partial charge in [0.05, 0.1) is 38.5 Å². The van der Waals surface area contributed by atoms with Gasteiger partial charge in [-0.2, -0.15) is 5.10 Å². The van der Waals surface area contributed by atoms with Crippen LogP contribution >= 0.6 is 11.8 Å². The molecule has 0 saturated heterocycles. The second-order valence-corrected chi connectivity index (χ2v) is 5.98. The van der Waals surface area contributed by atoms with Gasteiger partial charge in [-0.05, 0) is 30.7 Å². The van der Waals surface area contributed by atoms with Gasteiger partial charge in [0.1, 0.15) is 0 Å². The van der Waals surface area contributed by atoms with Crippen molar-refractivity contribution in [2.24, 2.45) is 0 Å². The van der Waals surface area contributed by atoms with E-state index in [1.54, 1.807) is 34.3 Å². The molecule has 1 aromatic heterocycles. The first kappa shape index (κ1) is 19.5. The lowest BCUT2D eigenvalue weighted by Crippen LogP contribution is -2.02. The van der Waals surface area contributed by atoms with E-state index in [0.29, 0.717) is 33.8 Å². The first-order valence-electron chi connectivity index (χ1n) is 7.52. The average molecular weight is 377 g/mol. The Morgan fingerprint density at radius 1 is 1.12 bits per heavy atom. The molecule has 9 heteroatoms. The van der Waals surface area contributed by atoms with Crippen LogP contribution in [-0.2, 0) is 4.79 Å². The lowest BCUT2D eigenvalue weighted by Gasteiger charge is -2.12. The van der Waals surface area contributed by atoms with Gasteiger partial charge in [0.25, 0.3) is 0 Å². The minimum absolute atomic E-state index is 0.124. The van der Waals surface area contributed by atoms with Crippen molar-refractivity contribution < 1.29 is 24.1 Å². The van der Waals surface area contributed by atoms with E-state index in [2.05, 4.69) is 15.2 Å². The van der Waals surface area contributed by atoms with Crippen molar-refractivity contribution in [3.63, 3.8) is 0 Å². The summed E-state index contributed by atoms with van der Waals surface area (Å²) in [6.07, 6.45) is 3.60. The summed E-state index contributed by atoms with van der Waals surface area (Å²) in [6.45, 7) is 1.78. The molecule has 0 bridgehead atoms. The second kappa shape index (κ2) is 9.04. The predicted molar refractivity (Wildman–Crippen MR) is 97.9 cm³/mol. The maximum atomic E-state index is 10.7. The molecule has 138 valence electrons. The van der Waals surface area contributed by atoms with Crippen molar-refractivity contribution in [3.8, 4) is 17.2 Å². The Hall–Kier alpha value is -2.81. The van der Waals surface area contributed by atoms with Gasteiger partial charge in [0, 0.05) is 0 Å². The molecule has 2 rings (SSSR count). The number of aromatic nitrogens is 3. The number of nitrogens with zero attached hydrogens (tertiary/aromatic N) is 3. The van der Waals surface area contributed by atoms with Gasteiger partial charge in [0.15, 0.2) is 11.5 Å². The summed E-state index contributed by atoms with van der Waals surface area (Å²) in [4.78, 5) is 15.0. The Morgan fingerprint density at radius 2 is 1.77 bits per heavy atom. The van der Waals surface area contributed by atoms with E-state index >= 15 is 0 Å². The number of carboxylic acids is 1. The molecule has 0 aliphatic rings. The van der Waals surface area contributed by atoms with Crippen LogP contribution in [0.25, 0.3) is 12.2 Å². The second-order valence-electron chi connectivity index (χ2n) is 5.04. The third-order valence-corrected chi connectivity index (χ3v) is 4.14. The fourth-order valence-electron chi connectivity index (χ4n) is 2.09.